The van der Waals surface area contributed by atoms with E-state index in [4.69, 9.17) is 9.47 Å². The van der Waals surface area contributed by atoms with Gasteiger partial charge in [0.15, 0.2) is 5.79 Å². The predicted molar refractivity (Wildman–Crippen MR) is 72.9 cm³/mol. The molecule has 0 bridgehead atoms. The van der Waals surface area contributed by atoms with Gasteiger partial charge in [0.25, 0.3) is 0 Å². The van der Waals surface area contributed by atoms with Crippen LogP contribution >= 0.6 is 0 Å². The van der Waals surface area contributed by atoms with Crippen molar-refractivity contribution in [1.29, 1.82) is 0 Å². The molecule has 1 heterocycles. The van der Waals surface area contributed by atoms with Crippen molar-refractivity contribution in [3.05, 3.63) is 0 Å². The van der Waals surface area contributed by atoms with E-state index in [1.807, 2.05) is 13.8 Å². The van der Waals surface area contributed by atoms with Crippen molar-refractivity contribution in [2.24, 2.45) is 0 Å². The van der Waals surface area contributed by atoms with Crippen molar-refractivity contribution < 1.29 is 14.3 Å². The van der Waals surface area contributed by atoms with Crippen LogP contribution < -0.4 is 5.32 Å². The number of hydrogen-bond acceptors (Lipinski definition) is 3. The molecule has 1 aliphatic heterocycles. The van der Waals surface area contributed by atoms with Gasteiger partial charge in [-0.3, -0.25) is 0 Å². The Morgan fingerprint density at radius 1 is 1.37 bits per heavy atom. The third-order valence-electron chi connectivity index (χ3n) is 4.10. The fourth-order valence-corrected chi connectivity index (χ4v) is 2.63. The minimum Gasteiger partial charge on any atom is -0.347 e. The minimum atomic E-state index is -0.350. The van der Waals surface area contributed by atoms with Crippen molar-refractivity contribution in [3.8, 4) is 0 Å². The largest absolute Gasteiger partial charge is 0.347 e. The maximum absolute atomic E-state index is 11.8. The lowest BCUT2D eigenvalue weighted by Crippen LogP contribution is -2.44. The number of carbonyl (C=O) groups excluding carboxylic acids is 1. The van der Waals surface area contributed by atoms with Crippen LogP contribution in [0.15, 0.2) is 0 Å². The van der Waals surface area contributed by atoms with Gasteiger partial charge in [0.05, 0.1) is 6.61 Å². The first-order valence-corrected chi connectivity index (χ1v) is 7.35. The first-order chi connectivity index (χ1) is 9.02. The van der Waals surface area contributed by atoms with Crippen LogP contribution in [0, 0.1) is 0 Å². The molecule has 1 aliphatic carbocycles. The molecule has 5 nitrogen and oxygen atoms in total. The molecule has 1 saturated heterocycles. The number of nitrogens with zero attached hydrogens (tertiary/aromatic N) is 1. The zero-order valence-corrected chi connectivity index (χ0v) is 12.3. The lowest BCUT2D eigenvalue weighted by Gasteiger charge is -2.31. The van der Waals surface area contributed by atoms with E-state index in [9.17, 15) is 4.79 Å². The highest BCUT2D eigenvalue weighted by Crippen LogP contribution is 2.37. The van der Waals surface area contributed by atoms with Crippen molar-refractivity contribution in [2.45, 2.75) is 63.9 Å². The Hall–Kier alpha value is -0.810. The summed E-state index contributed by atoms with van der Waals surface area (Å²) in [5.74, 6) is -0.350. The van der Waals surface area contributed by atoms with E-state index in [1.165, 1.54) is 19.3 Å². The quantitative estimate of drug-likeness (QED) is 0.854. The van der Waals surface area contributed by atoms with E-state index < -0.39 is 0 Å². The molecule has 1 spiro atoms. The van der Waals surface area contributed by atoms with Gasteiger partial charge in [-0.15, -0.1) is 0 Å². The molecule has 0 radical (unpaired) electrons. The number of urea groups is 1. The summed E-state index contributed by atoms with van der Waals surface area (Å²) in [7, 11) is 1.80. The summed E-state index contributed by atoms with van der Waals surface area (Å²) in [5, 5.41) is 2.91. The first kappa shape index (κ1) is 14.6. The molecule has 1 N–H and O–H groups in total. The smallest absolute Gasteiger partial charge is 0.317 e. The summed E-state index contributed by atoms with van der Waals surface area (Å²) in [5.41, 5.74) is 0. The second-order valence-electron chi connectivity index (χ2n) is 5.91. The van der Waals surface area contributed by atoms with Gasteiger partial charge in [-0.1, -0.05) is 6.42 Å². The maximum atomic E-state index is 11.8. The number of ether oxygens (including phenoxy) is 2. The molecule has 1 atom stereocenters. The highest BCUT2D eigenvalue weighted by molar-refractivity contribution is 5.74. The Balaban J connectivity index is 1.74. The van der Waals surface area contributed by atoms with E-state index in [0.717, 1.165) is 12.8 Å². The van der Waals surface area contributed by atoms with Crippen molar-refractivity contribution >= 4 is 6.03 Å². The molecule has 1 saturated carbocycles. The van der Waals surface area contributed by atoms with E-state index in [-0.39, 0.29) is 24.0 Å². The van der Waals surface area contributed by atoms with Gasteiger partial charge in [-0.05, 0) is 26.7 Å². The second-order valence-corrected chi connectivity index (χ2v) is 5.91. The van der Waals surface area contributed by atoms with Gasteiger partial charge in [-0.2, -0.15) is 0 Å². The molecule has 19 heavy (non-hydrogen) atoms. The summed E-state index contributed by atoms with van der Waals surface area (Å²) in [6, 6.07) is 0.147. The standard InChI is InChI=1S/C14H26N2O3/c1-11(2)16(3)13(17)15-9-12-10-18-14(19-12)7-5-4-6-8-14/h11-12H,4-10H2,1-3H3,(H,15,17). The predicted octanol–water partition coefficient (Wildman–Crippen LogP) is 2.11. The summed E-state index contributed by atoms with van der Waals surface area (Å²) in [4.78, 5) is 13.5. The lowest BCUT2D eigenvalue weighted by molar-refractivity contribution is -0.186. The average Bonchev–Trinajstić information content (AvgIpc) is 2.79. The molecule has 0 aromatic rings. The zero-order chi connectivity index (χ0) is 13.9. The van der Waals surface area contributed by atoms with E-state index in [0.29, 0.717) is 13.2 Å². The number of amides is 2. The zero-order valence-electron chi connectivity index (χ0n) is 12.3. The third-order valence-corrected chi connectivity index (χ3v) is 4.10. The normalized spacial score (nSPS) is 25.8. The number of rotatable bonds is 3. The Kier molecular flexibility index (Phi) is 4.68. The molecule has 2 amide bonds. The SMILES string of the molecule is CC(C)N(C)C(=O)NCC1COC2(CCCCC2)O1. The van der Waals surface area contributed by atoms with Gasteiger partial charge in [0.1, 0.15) is 6.10 Å². The van der Waals surface area contributed by atoms with Crippen LogP contribution in [0.25, 0.3) is 0 Å². The fraction of sp³-hybridized carbons (Fsp3) is 0.929. The van der Waals surface area contributed by atoms with Crippen LogP contribution in [0.4, 0.5) is 4.79 Å². The van der Waals surface area contributed by atoms with Crippen LogP contribution in [0.2, 0.25) is 0 Å². The highest BCUT2D eigenvalue weighted by atomic mass is 16.7. The van der Waals surface area contributed by atoms with Crippen molar-refractivity contribution in [1.82, 2.24) is 10.2 Å². The summed E-state index contributed by atoms with van der Waals surface area (Å²) in [6.07, 6.45) is 5.59. The van der Waals surface area contributed by atoms with Gasteiger partial charge in [0, 0.05) is 32.5 Å². The van der Waals surface area contributed by atoms with E-state index in [2.05, 4.69) is 5.32 Å². The molecule has 0 aromatic carbocycles. The van der Waals surface area contributed by atoms with Gasteiger partial charge in [-0.25, -0.2) is 4.79 Å². The van der Waals surface area contributed by atoms with E-state index in [1.54, 1.807) is 11.9 Å². The molecule has 0 aromatic heterocycles. The number of carbonyl (C=O) groups is 1. The average molecular weight is 270 g/mol. The van der Waals surface area contributed by atoms with Crippen LogP contribution in [-0.2, 0) is 9.47 Å². The van der Waals surface area contributed by atoms with Crippen LogP contribution in [0.1, 0.15) is 46.0 Å². The molecular weight excluding hydrogens is 244 g/mol. The first-order valence-electron chi connectivity index (χ1n) is 7.35. The molecule has 110 valence electrons. The number of nitrogens with one attached hydrogen (secondary N) is 1. The summed E-state index contributed by atoms with van der Waals surface area (Å²) >= 11 is 0. The number of hydrogen-bond donors (Lipinski definition) is 1. The second kappa shape index (κ2) is 6.09. The Morgan fingerprint density at radius 2 is 2.05 bits per heavy atom. The van der Waals surface area contributed by atoms with Gasteiger partial charge in [0.2, 0.25) is 0 Å². The van der Waals surface area contributed by atoms with Crippen LogP contribution in [0.3, 0.4) is 0 Å². The monoisotopic (exact) mass is 270 g/mol. The molecular formula is C14H26N2O3. The van der Waals surface area contributed by atoms with Gasteiger partial charge < -0.3 is 19.7 Å². The summed E-state index contributed by atoms with van der Waals surface area (Å²) < 4.78 is 11.9. The Labute approximate surface area is 115 Å². The molecule has 2 fully saturated rings. The fourth-order valence-electron chi connectivity index (χ4n) is 2.63. The van der Waals surface area contributed by atoms with Gasteiger partial charge >= 0.3 is 6.03 Å². The molecule has 1 unspecified atom stereocenters. The molecule has 2 rings (SSSR count). The van der Waals surface area contributed by atoms with Crippen molar-refractivity contribution in [3.63, 3.8) is 0 Å². The minimum absolute atomic E-state index is 0.0115. The Morgan fingerprint density at radius 3 is 2.68 bits per heavy atom. The maximum Gasteiger partial charge on any atom is 0.317 e. The Bertz CT molecular complexity index is 314. The lowest BCUT2D eigenvalue weighted by atomic mass is 9.94. The van der Waals surface area contributed by atoms with Crippen LogP contribution in [-0.4, -0.2) is 49.1 Å². The summed E-state index contributed by atoms with van der Waals surface area (Å²) in [6.45, 7) is 5.10. The topological polar surface area (TPSA) is 50.8 Å². The third kappa shape index (κ3) is 3.60. The molecule has 5 heteroatoms. The molecule has 2 aliphatic rings. The van der Waals surface area contributed by atoms with Crippen LogP contribution in [0.5, 0.6) is 0 Å². The highest BCUT2D eigenvalue weighted by Gasteiger charge is 2.42. The van der Waals surface area contributed by atoms with Crippen molar-refractivity contribution in [2.75, 3.05) is 20.2 Å². The van der Waals surface area contributed by atoms with E-state index >= 15 is 0 Å².